The van der Waals surface area contributed by atoms with Crippen molar-refractivity contribution in [2.75, 3.05) is 0 Å². The zero-order valence-electron chi connectivity index (χ0n) is 16.9. The minimum atomic E-state index is 0.422. The predicted octanol–water partition coefficient (Wildman–Crippen LogP) is 6.84. The molecule has 0 unspecified atom stereocenters. The average molecular weight is 376 g/mol. The van der Waals surface area contributed by atoms with Crippen molar-refractivity contribution in [3.8, 4) is 28.0 Å². The second-order valence-corrected chi connectivity index (χ2v) is 7.98. The monoisotopic (exact) mass is 376 g/mol. The third-order valence-corrected chi connectivity index (χ3v) is 6.33. The van der Waals surface area contributed by atoms with Crippen molar-refractivity contribution in [3.63, 3.8) is 0 Å². The van der Waals surface area contributed by atoms with Gasteiger partial charge in [0.15, 0.2) is 0 Å². The summed E-state index contributed by atoms with van der Waals surface area (Å²) in [5.74, 6) is 0.422. The summed E-state index contributed by atoms with van der Waals surface area (Å²) >= 11 is 0. The Morgan fingerprint density at radius 2 is 1.45 bits per heavy atom. The Kier molecular flexibility index (Phi) is 4.24. The van der Waals surface area contributed by atoms with Crippen molar-refractivity contribution < 1.29 is 5.11 Å². The standard InChI is InChI=1S/C28H24O/c1-18-10-6-7-13-21(18)16-24-19(2)25-17-22-14-8-9-15-23(22)27(25)28(29)26(24)20-11-4-3-5-12-20/h3-15,29H,16-17H2,1-2H3. The van der Waals surface area contributed by atoms with Gasteiger partial charge in [0, 0.05) is 11.1 Å². The van der Waals surface area contributed by atoms with Gasteiger partial charge in [-0.1, -0.05) is 78.9 Å². The molecule has 5 rings (SSSR count). The van der Waals surface area contributed by atoms with Crippen molar-refractivity contribution in [1.29, 1.82) is 0 Å². The van der Waals surface area contributed by atoms with Crippen LogP contribution in [-0.2, 0) is 12.8 Å². The van der Waals surface area contributed by atoms with Gasteiger partial charge in [-0.3, -0.25) is 0 Å². The van der Waals surface area contributed by atoms with Gasteiger partial charge in [-0.05, 0) is 71.2 Å². The molecule has 1 heteroatoms. The van der Waals surface area contributed by atoms with E-state index in [4.69, 9.17) is 0 Å². The summed E-state index contributed by atoms with van der Waals surface area (Å²) in [6.07, 6.45) is 1.71. The first-order valence-corrected chi connectivity index (χ1v) is 10.2. The maximum atomic E-state index is 11.6. The average Bonchev–Trinajstić information content (AvgIpc) is 3.14. The zero-order chi connectivity index (χ0) is 20.0. The van der Waals surface area contributed by atoms with Gasteiger partial charge in [-0.25, -0.2) is 0 Å². The Hall–Kier alpha value is -3.32. The fraction of sp³-hybridized carbons (Fsp3) is 0.143. The number of benzene rings is 4. The van der Waals surface area contributed by atoms with Crippen molar-refractivity contribution in [2.45, 2.75) is 26.7 Å². The molecule has 0 aromatic heterocycles. The van der Waals surface area contributed by atoms with E-state index in [0.717, 1.165) is 29.5 Å². The van der Waals surface area contributed by atoms with E-state index in [-0.39, 0.29) is 0 Å². The molecule has 1 aliphatic rings. The van der Waals surface area contributed by atoms with Crippen LogP contribution < -0.4 is 0 Å². The molecule has 0 radical (unpaired) electrons. The number of aromatic hydroxyl groups is 1. The lowest BCUT2D eigenvalue weighted by Gasteiger charge is -2.21. The summed E-state index contributed by atoms with van der Waals surface area (Å²) in [4.78, 5) is 0. The number of fused-ring (bicyclic) bond motifs is 3. The molecule has 0 heterocycles. The Morgan fingerprint density at radius 3 is 2.24 bits per heavy atom. The molecular weight excluding hydrogens is 352 g/mol. The van der Waals surface area contributed by atoms with E-state index in [2.05, 4.69) is 74.5 Å². The lowest BCUT2D eigenvalue weighted by molar-refractivity contribution is 0.478. The summed E-state index contributed by atoms with van der Waals surface area (Å²) in [6.45, 7) is 4.39. The molecule has 0 saturated heterocycles. The molecule has 0 aliphatic heterocycles. The van der Waals surface area contributed by atoms with Crippen LogP contribution in [0.2, 0.25) is 0 Å². The topological polar surface area (TPSA) is 20.2 Å². The Morgan fingerprint density at radius 1 is 0.759 bits per heavy atom. The molecule has 29 heavy (non-hydrogen) atoms. The Labute approximate surface area is 172 Å². The summed E-state index contributed by atoms with van der Waals surface area (Å²) in [5.41, 5.74) is 11.9. The molecule has 0 saturated carbocycles. The first-order valence-electron chi connectivity index (χ1n) is 10.2. The minimum Gasteiger partial charge on any atom is -0.507 e. The molecule has 0 amide bonds. The molecular formula is C28H24O. The lowest BCUT2D eigenvalue weighted by Crippen LogP contribution is -2.02. The zero-order valence-corrected chi connectivity index (χ0v) is 16.9. The van der Waals surface area contributed by atoms with E-state index in [0.29, 0.717) is 5.75 Å². The molecule has 4 aromatic rings. The SMILES string of the molecule is Cc1ccccc1Cc1c(C)c2c(c(O)c1-c1ccccc1)-c1ccccc1C2. The van der Waals surface area contributed by atoms with Gasteiger partial charge in [-0.2, -0.15) is 0 Å². The number of phenols is 1. The second-order valence-electron chi connectivity index (χ2n) is 7.98. The van der Waals surface area contributed by atoms with E-state index >= 15 is 0 Å². The molecule has 0 bridgehead atoms. The molecule has 1 aliphatic carbocycles. The minimum absolute atomic E-state index is 0.422. The number of rotatable bonds is 3. The molecule has 1 nitrogen and oxygen atoms in total. The third-order valence-electron chi connectivity index (χ3n) is 6.33. The highest BCUT2D eigenvalue weighted by atomic mass is 16.3. The normalized spacial score (nSPS) is 11.9. The molecule has 0 spiro atoms. The van der Waals surface area contributed by atoms with Crippen molar-refractivity contribution in [2.24, 2.45) is 0 Å². The Bertz CT molecular complexity index is 1220. The van der Waals surface area contributed by atoms with Gasteiger partial charge >= 0.3 is 0 Å². The number of hydrogen-bond acceptors (Lipinski definition) is 1. The highest BCUT2D eigenvalue weighted by Gasteiger charge is 2.28. The van der Waals surface area contributed by atoms with E-state index < -0.39 is 0 Å². The number of aryl methyl sites for hydroxylation is 1. The van der Waals surface area contributed by atoms with E-state index in [1.165, 1.54) is 38.9 Å². The highest BCUT2D eigenvalue weighted by molar-refractivity contribution is 5.91. The van der Waals surface area contributed by atoms with Crippen LogP contribution >= 0.6 is 0 Å². The smallest absolute Gasteiger partial charge is 0.131 e. The van der Waals surface area contributed by atoms with Gasteiger partial charge in [0.25, 0.3) is 0 Å². The third kappa shape index (κ3) is 2.86. The molecule has 0 atom stereocenters. The first-order chi connectivity index (χ1) is 14.1. The van der Waals surface area contributed by atoms with Crippen LogP contribution in [0.15, 0.2) is 78.9 Å². The molecule has 0 fully saturated rings. The van der Waals surface area contributed by atoms with Crippen LogP contribution in [0, 0.1) is 13.8 Å². The number of phenolic OH excluding ortho intramolecular Hbond substituents is 1. The lowest BCUT2D eigenvalue weighted by atomic mass is 9.84. The quantitative estimate of drug-likeness (QED) is 0.365. The van der Waals surface area contributed by atoms with Gasteiger partial charge in [0.05, 0.1) is 0 Å². The van der Waals surface area contributed by atoms with Crippen LogP contribution in [0.4, 0.5) is 0 Å². The number of hydrogen-bond donors (Lipinski definition) is 1. The van der Waals surface area contributed by atoms with Gasteiger partial charge in [-0.15, -0.1) is 0 Å². The van der Waals surface area contributed by atoms with E-state index in [1.807, 2.05) is 18.2 Å². The van der Waals surface area contributed by atoms with Crippen LogP contribution in [-0.4, -0.2) is 5.11 Å². The molecule has 4 aromatic carbocycles. The Balaban J connectivity index is 1.80. The first kappa shape index (κ1) is 17.8. The van der Waals surface area contributed by atoms with E-state index in [1.54, 1.807) is 0 Å². The van der Waals surface area contributed by atoms with Crippen LogP contribution in [0.25, 0.3) is 22.3 Å². The van der Waals surface area contributed by atoms with Crippen LogP contribution in [0.1, 0.15) is 33.4 Å². The molecule has 1 N–H and O–H groups in total. The van der Waals surface area contributed by atoms with Crippen LogP contribution in [0.3, 0.4) is 0 Å². The fourth-order valence-electron chi connectivity index (χ4n) is 4.72. The second kappa shape index (κ2) is 6.93. The maximum Gasteiger partial charge on any atom is 0.131 e. The summed E-state index contributed by atoms with van der Waals surface area (Å²) in [7, 11) is 0. The van der Waals surface area contributed by atoms with Crippen molar-refractivity contribution >= 4 is 0 Å². The fourth-order valence-corrected chi connectivity index (χ4v) is 4.72. The van der Waals surface area contributed by atoms with E-state index in [9.17, 15) is 5.11 Å². The predicted molar refractivity (Wildman–Crippen MR) is 121 cm³/mol. The van der Waals surface area contributed by atoms with Crippen molar-refractivity contribution in [1.82, 2.24) is 0 Å². The highest BCUT2D eigenvalue weighted by Crippen LogP contribution is 2.50. The maximum absolute atomic E-state index is 11.6. The summed E-state index contributed by atoms with van der Waals surface area (Å²) < 4.78 is 0. The van der Waals surface area contributed by atoms with Gasteiger partial charge in [0.2, 0.25) is 0 Å². The van der Waals surface area contributed by atoms with Crippen molar-refractivity contribution in [3.05, 3.63) is 112 Å². The molecule has 142 valence electrons. The summed E-state index contributed by atoms with van der Waals surface area (Å²) in [6, 6.07) is 27.3. The van der Waals surface area contributed by atoms with Crippen LogP contribution in [0.5, 0.6) is 5.75 Å². The largest absolute Gasteiger partial charge is 0.507 e. The van der Waals surface area contributed by atoms with Gasteiger partial charge < -0.3 is 5.11 Å². The van der Waals surface area contributed by atoms with Gasteiger partial charge in [0.1, 0.15) is 5.75 Å². The summed E-state index contributed by atoms with van der Waals surface area (Å²) in [5, 5.41) is 11.6.